The summed E-state index contributed by atoms with van der Waals surface area (Å²) in [6.45, 7) is 5.98. The summed E-state index contributed by atoms with van der Waals surface area (Å²) in [4.78, 5) is 29.4. The predicted octanol–water partition coefficient (Wildman–Crippen LogP) is 5.73. The van der Waals surface area contributed by atoms with Crippen molar-refractivity contribution in [2.75, 3.05) is 7.11 Å². The van der Waals surface area contributed by atoms with Crippen LogP contribution in [0.4, 0.5) is 5.69 Å². The molecule has 0 spiro atoms. The maximum Gasteiger partial charge on any atom is 0.337 e. The molecule has 1 aliphatic rings. The molecule has 1 N–H and O–H groups in total. The fourth-order valence-electron chi connectivity index (χ4n) is 3.71. The van der Waals surface area contributed by atoms with Gasteiger partial charge in [0.2, 0.25) is 0 Å². The third-order valence-corrected chi connectivity index (χ3v) is 6.49. The zero-order valence-corrected chi connectivity index (χ0v) is 20.2. The van der Waals surface area contributed by atoms with Crippen LogP contribution in [0.15, 0.2) is 58.4 Å². The second kappa shape index (κ2) is 9.29. The first-order valence-electron chi connectivity index (χ1n) is 10.2. The number of amidine groups is 1. The third kappa shape index (κ3) is 4.74. The molecule has 2 aromatic carbocycles. The molecule has 3 aromatic rings. The molecule has 1 aromatic heterocycles. The van der Waals surface area contributed by atoms with E-state index in [2.05, 4.69) is 14.9 Å². The van der Waals surface area contributed by atoms with E-state index in [4.69, 9.17) is 16.3 Å². The number of esters is 1. The van der Waals surface area contributed by atoms with E-state index < -0.39 is 0 Å². The highest BCUT2D eigenvalue weighted by Gasteiger charge is 2.25. The number of thioether (sulfide) groups is 1. The van der Waals surface area contributed by atoms with Crippen molar-refractivity contribution in [1.82, 2.24) is 9.88 Å². The van der Waals surface area contributed by atoms with Gasteiger partial charge in [0.05, 0.1) is 23.3 Å². The number of aliphatic imine (C=N–C) groups is 1. The van der Waals surface area contributed by atoms with E-state index in [1.807, 2.05) is 45.0 Å². The number of aryl methyl sites for hydroxylation is 2. The van der Waals surface area contributed by atoms with E-state index in [1.54, 1.807) is 30.3 Å². The lowest BCUT2D eigenvalue weighted by atomic mass is 10.1. The standard InChI is InChI=1S/C25H22ClN3O3S/c1-14-11-17(24(31)32-4)5-10-21(14)29-15(2)12-18(16(29)3)13-22-23(30)28-25(33-22)27-20-8-6-19(26)7-9-20/h5-13H,1-4H3,(H,27,28,30)/b22-13-. The predicted molar refractivity (Wildman–Crippen MR) is 134 cm³/mol. The Balaban J connectivity index is 1.64. The Bertz CT molecular complexity index is 1320. The van der Waals surface area contributed by atoms with Gasteiger partial charge in [-0.2, -0.15) is 0 Å². The van der Waals surface area contributed by atoms with Crippen LogP contribution in [0.3, 0.4) is 0 Å². The number of methoxy groups -OCH3 is 1. The van der Waals surface area contributed by atoms with Crippen molar-refractivity contribution in [3.63, 3.8) is 0 Å². The summed E-state index contributed by atoms with van der Waals surface area (Å²) < 4.78 is 6.93. The van der Waals surface area contributed by atoms with Crippen molar-refractivity contribution < 1.29 is 14.3 Å². The second-order valence-corrected chi connectivity index (χ2v) is 9.08. The Morgan fingerprint density at radius 3 is 2.52 bits per heavy atom. The number of benzene rings is 2. The van der Waals surface area contributed by atoms with Crippen molar-refractivity contribution in [3.8, 4) is 5.69 Å². The van der Waals surface area contributed by atoms with Crippen LogP contribution >= 0.6 is 23.4 Å². The summed E-state index contributed by atoms with van der Waals surface area (Å²) in [5, 5.41) is 3.97. The molecule has 0 unspecified atom stereocenters. The summed E-state index contributed by atoms with van der Waals surface area (Å²) in [5.74, 6) is -0.549. The van der Waals surface area contributed by atoms with Crippen molar-refractivity contribution in [2.24, 2.45) is 4.99 Å². The molecular weight excluding hydrogens is 458 g/mol. The van der Waals surface area contributed by atoms with E-state index in [0.29, 0.717) is 26.3 Å². The maximum atomic E-state index is 12.5. The average Bonchev–Trinajstić information content (AvgIpc) is 3.27. The van der Waals surface area contributed by atoms with Crippen LogP contribution in [0, 0.1) is 20.8 Å². The summed E-state index contributed by atoms with van der Waals surface area (Å²) in [6.07, 6.45) is 1.88. The monoisotopic (exact) mass is 479 g/mol. The van der Waals surface area contributed by atoms with Crippen LogP contribution in [0.2, 0.25) is 5.02 Å². The number of aromatic nitrogens is 1. The molecule has 0 saturated carbocycles. The molecule has 1 amide bonds. The van der Waals surface area contributed by atoms with Gasteiger partial charge in [0, 0.05) is 22.1 Å². The minimum Gasteiger partial charge on any atom is -0.465 e. The van der Waals surface area contributed by atoms with Crippen molar-refractivity contribution >= 4 is 52.2 Å². The Morgan fingerprint density at radius 2 is 1.85 bits per heavy atom. The molecule has 0 aliphatic carbocycles. The largest absolute Gasteiger partial charge is 0.465 e. The van der Waals surface area contributed by atoms with Gasteiger partial charge in [0.25, 0.3) is 5.91 Å². The smallest absolute Gasteiger partial charge is 0.337 e. The number of amides is 1. The number of carbonyl (C=O) groups is 2. The number of ether oxygens (including phenoxy) is 1. The maximum absolute atomic E-state index is 12.5. The molecule has 33 heavy (non-hydrogen) atoms. The Labute approximate surface area is 201 Å². The lowest BCUT2D eigenvalue weighted by molar-refractivity contribution is -0.115. The zero-order valence-electron chi connectivity index (χ0n) is 18.6. The number of hydrogen-bond donors (Lipinski definition) is 1. The molecule has 168 valence electrons. The molecule has 4 rings (SSSR count). The van der Waals surface area contributed by atoms with Crippen LogP contribution in [0.5, 0.6) is 0 Å². The summed E-state index contributed by atoms with van der Waals surface area (Å²) >= 11 is 7.22. The third-order valence-electron chi connectivity index (χ3n) is 5.32. The molecule has 2 heterocycles. The van der Waals surface area contributed by atoms with Gasteiger partial charge in [-0.25, -0.2) is 9.79 Å². The average molecular weight is 480 g/mol. The quantitative estimate of drug-likeness (QED) is 0.383. The Kier molecular flexibility index (Phi) is 6.44. The van der Waals surface area contributed by atoms with Crippen molar-refractivity contribution in [1.29, 1.82) is 0 Å². The minimum atomic E-state index is -0.364. The van der Waals surface area contributed by atoms with Crippen LogP contribution < -0.4 is 5.32 Å². The molecular formula is C25H22ClN3O3S. The molecule has 0 bridgehead atoms. The lowest BCUT2D eigenvalue weighted by Crippen LogP contribution is -2.19. The van der Waals surface area contributed by atoms with Gasteiger partial charge in [-0.05, 0) is 98.3 Å². The van der Waals surface area contributed by atoms with E-state index in [9.17, 15) is 9.59 Å². The normalized spacial score (nSPS) is 15.8. The van der Waals surface area contributed by atoms with Crippen LogP contribution in [0.25, 0.3) is 11.8 Å². The van der Waals surface area contributed by atoms with E-state index in [-0.39, 0.29) is 11.9 Å². The molecule has 1 aliphatic heterocycles. The number of rotatable bonds is 4. The first kappa shape index (κ1) is 22.9. The topological polar surface area (TPSA) is 72.7 Å². The first-order valence-corrected chi connectivity index (χ1v) is 11.4. The SMILES string of the molecule is COC(=O)c1ccc(-n2c(C)cc(/C=C3\SC(=Nc4ccc(Cl)cc4)NC3=O)c2C)c(C)c1. The van der Waals surface area contributed by atoms with Crippen LogP contribution in [-0.2, 0) is 9.53 Å². The Morgan fingerprint density at radius 1 is 1.12 bits per heavy atom. The highest BCUT2D eigenvalue weighted by Crippen LogP contribution is 2.31. The number of carbonyl (C=O) groups excluding carboxylic acids is 2. The van der Waals surface area contributed by atoms with Crippen LogP contribution in [0.1, 0.15) is 32.9 Å². The molecule has 0 atom stereocenters. The summed E-state index contributed by atoms with van der Waals surface area (Å²) in [7, 11) is 1.37. The van der Waals surface area contributed by atoms with Gasteiger partial charge in [0.1, 0.15) is 0 Å². The first-order chi connectivity index (χ1) is 15.8. The molecule has 0 radical (unpaired) electrons. The highest BCUT2D eigenvalue weighted by atomic mass is 35.5. The van der Waals surface area contributed by atoms with Gasteiger partial charge in [0.15, 0.2) is 5.17 Å². The van der Waals surface area contributed by atoms with Gasteiger partial charge >= 0.3 is 5.97 Å². The number of nitrogens with zero attached hydrogens (tertiary/aromatic N) is 2. The fraction of sp³-hybridized carbons (Fsp3) is 0.160. The number of nitrogens with one attached hydrogen (secondary N) is 1. The fourth-order valence-corrected chi connectivity index (χ4v) is 4.67. The summed E-state index contributed by atoms with van der Waals surface area (Å²) in [6, 6.07) is 14.6. The van der Waals surface area contributed by atoms with E-state index >= 15 is 0 Å². The van der Waals surface area contributed by atoms with Gasteiger partial charge in [-0.15, -0.1) is 0 Å². The Hall–Kier alpha value is -3.29. The number of hydrogen-bond acceptors (Lipinski definition) is 5. The molecule has 6 nitrogen and oxygen atoms in total. The summed E-state index contributed by atoms with van der Waals surface area (Å²) in [5.41, 5.74) is 6.09. The number of halogens is 1. The van der Waals surface area contributed by atoms with Crippen molar-refractivity contribution in [2.45, 2.75) is 20.8 Å². The molecule has 8 heteroatoms. The van der Waals surface area contributed by atoms with E-state index in [1.165, 1.54) is 18.9 Å². The minimum absolute atomic E-state index is 0.184. The van der Waals surface area contributed by atoms with Gasteiger partial charge in [-0.3, -0.25) is 4.79 Å². The molecule has 1 saturated heterocycles. The van der Waals surface area contributed by atoms with Gasteiger partial charge < -0.3 is 14.6 Å². The van der Waals surface area contributed by atoms with Crippen molar-refractivity contribution in [3.05, 3.63) is 86.5 Å². The lowest BCUT2D eigenvalue weighted by Gasteiger charge is -2.14. The van der Waals surface area contributed by atoms with Gasteiger partial charge in [-0.1, -0.05) is 11.6 Å². The highest BCUT2D eigenvalue weighted by molar-refractivity contribution is 8.18. The second-order valence-electron chi connectivity index (χ2n) is 7.61. The zero-order chi connectivity index (χ0) is 23.7. The molecule has 1 fully saturated rings. The van der Waals surface area contributed by atoms with Crippen LogP contribution in [-0.4, -0.2) is 28.7 Å². The van der Waals surface area contributed by atoms with E-state index in [0.717, 1.165) is 28.2 Å².